The van der Waals surface area contributed by atoms with Crippen molar-refractivity contribution in [2.45, 2.75) is 25.6 Å². The molecule has 2 aromatic carbocycles. The fourth-order valence-corrected chi connectivity index (χ4v) is 4.09. The maximum absolute atomic E-state index is 14.2. The lowest BCUT2D eigenvalue weighted by Crippen LogP contribution is -2.32. The summed E-state index contributed by atoms with van der Waals surface area (Å²) in [6.07, 6.45) is -0.808. The van der Waals surface area contributed by atoms with Gasteiger partial charge in [-0.15, -0.1) is 0 Å². The molecule has 13 heteroatoms. The van der Waals surface area contributed by atoms with E-state index in [1.54, 1.807) is 6.92 Å². The highest BCUT2D eigenvalue weighted by Crippen LogP contribution is 2.31. The first-order chi connectivity index (χ1) is 19.4. The summed E-state index contributed by atoms with van der Waals surface area (Å²) in [5.74, 6) is -4.52. The van der Waals surface area contributed by atoms with Crippen LogP contribution in [-0.4, -0.2) is 26.6 Å². The molecule has 0 aliphatic rings. The monoisotopic (exact) mass is 573 g/mol. The number of carbonyl (C=O) groups excluding carboxylic acids is 2. The van der Waals surface area contributed by atoms with Gasteiger partial charge >= 0.3 is 6.18 Å². The van der Waals surface area contributed by atoms with Gasteiger partial charge in [-0.05, 0) is 54.0 Å². The van der Waals surface area contributed by atoms with Crippen LogP contribution in [0.15, 0.2) is 67.1 Å². The lowest BCUT2D eigenvalue weighted by Gasteiger charge is -2.19. The van der Waals surface area contributed by atoms with E-state index in [2.05, 4.69) is 15.4 Å². The average molecular weight is 573 g/mol. The van der Waals surface area contributed by atoms with Gasteiger partial charge in [0, 0.05) is 24.0 Å². The number of benzene rings is 2. The van der Waals surface area contributed by atoms with Crippen LogP contribution in [0.1, 0.15) is 46.6 Å². The van der Waals surface area contributed by atoms with E-state index in [0.29, 0.717) is 18.5 Å². The number of alkyl halides is 3. The first-order valence-electron chi connectivity index (χ1n) is 12.0. The SMILES string of the molecule is CC[C@H](C(=O)N/C(=C\c1cc(F)cc(F)c1)c1ncccc1-c1ccc(F)c(C(N)=O)c1)n1cc(C(F)(F)F)cn1. The summed E-state index contributed by atoms with van der Waals surface area (Å²) in [6, 6.07) is 7.99. The molecule has 0 spiro atoms. The molecule has 4 rings (SSSR count). The van der Waals surface area contributed by atoms with Crippen LogP contribution in [0.3, 0.4) is 0 Å². The van der Waals surface area contributed by atoms with Gasteiger partial charge < -0.3 is 11.1 Å². The molecule has 4 aromatic rings. The van der Waals surface area contributed by atoms with E-state index < -0.39 is 52.6 Å². The predicted molar refractivity (Wildman–Crippen MR) is 137 cm³/mol. The maximum atomic E-state index is 14.2. The highest BCUT2D eigenvalue weighted by molar-refractivity contribution is 5.98. The van der Waals surface area contributed by atoms with Gasteiger partial charge in [0.1, 0.15) is 23.5 Å². The Labute approximate surface area is 229 Å². The summed E-state index contributed by atoms with van der Waals surface area (Å²) in [5, 5.41) is 6.27. The molecule has 41 heavy (non-hydrogen) atoms. The topological polar surface area (TPSA) is 103 Å². The van der Waals surface area contributed by atoms with Gasteiger partial charge in [0.2, 0.25) is 5.91 Å². The third-order valence-electron chi connectivity index (χ3n) is 6.00. The van der Waals surface area contributed by atoms with Gasteiger partial charge in [-0.1, -0.05) is 19.1 Å². The summed E-state index contributed by atoms with van der Waals surface area (Å²) in [7, 11) is 0. The summed E-state index contributed by atoms with van der Waals surface area (Å²) < 4.78 is 82.4. The Balaban J connectivity index is 1.83. The van der Waals surface area contributed by atoms with Crippen LogP contribution in [0.5, 0.6) is 0 Å². The second kappa shape index (κ2) is 11.7. The van der Waals surface area contributed by atoms with Gasteiger partial charge in [-0.3, -0.25) is 19.3 Å². The fourth-order valence-electron chi connectivity index (χ4n) is 4.09. The molecule has 0 saturated heterocycles. The van der Waals surface area contributed by atoms with E-state index in [1.165, 1.54) is 36.5 Å². The Morgan fingerprint density at radius 3 is 2.39 bits per heavy atom. The summed E-state index contributed by atoms with van der Waals surface area (Å²) >= 11 is 0. The maximum Gasteiger partial charge on any atom is 0.419 e. The zero-order chi connectivity index (χ0) is 29.9. The highest BCUT2D eigenvalue weighted by Gasteiger charge is 2.33. The molecule has 0 aliphatic heterocycles. The number of hydrogen-bond donors (Lipinski definition) is 2. The molecule has 7 nitrogen and oxygen atoms in total. The zero-order valence-electron chi connectivity index (χ0n) is 21.2. The zero-order valence-corrected chi connectivity index (χ0v) is 21.2. The number of primary amides is 1. The summed E-state index contributed by atoms with van der Waals surface area (Å²) in [6.45, 7) is 1.56. The number of carbonyl (C=O) groups is 2. The third kappa shape index (κ3) is 6.62. The second-order valence-corrected chi connectivity index (χ2v) is 8.84. The minimum absolute atomic E-state index is 0.0159. The Bertz CT molecular complexity index is 1630. The van der Waals surface area contributed by atoms with Gasteiger partial charge in [0.05, 0.1) is 28.7 Å². The van der Waals surface area contributed by atoms with E-state index in [0.717, 1.165) is 22.9 Å². The van der Waals surface area contributed by atoms with Crippen molar-refractivity contribution in [3.8, 4) is 11.1 Å². The van der Waals surface area contributed by atoms with Gasteiger partial charge in [0.15, 0.2) is 0 Å². The number of pyridine rings is 1. The lowest BCUT2D eigenvalue weighted by atomic mass is 9.98. The molecule has 212 valence electrons. The van der Waals surface area contributed by atoms with Crippen molar-refractivity contribution in [2.75, 3.05) is 0 Å². The van der Waals surface area contributed by atoms with Crippen LogP contribution < -0.4 is 11.1 Å². The predicted octanol–water partition coefficient (Wildman–Crippen LogP) is 5.75. The van der Waals surface area contributed by atoms with Gasteiger partial charge in [-0.25, -0.2) is 13.2 Å². The van der Waals surface area contributed by atoms with Crippen molar-refractivity contribution in [1.82, 2.24) is 20.1 Å². The Hall–Kier alpha value is -4.94. The number of halogens is 6. The second-order valence-electron chi connectivity index (χ2n) is 8.84. The molecule has 0 fully saturated rings. The van der Waals surface area contributed by atoms with E-state index in [1.807, 2.05) is 0 Å². The number of hydrogen-bond acceptors (Lipinski definition) is 4. The summed E-state index contributed by atoms with van der Waals surface area (Å²) in [5.41, 5.74) is 4.27. The standard InChI is InChI=1S/C28H21F6N5O2/c1-2-24(39-14-17(13-37-39)28(32,33)34)27(41)38-23(10-15-8-18(29)12-19(30)9-15)25-20(4-3-7-36-25)16-5-6-22(31)21(11-16)26(35)40/h3-14,24H,2H2,1H3,(H2,35,40)(H,38,41)/b23-10-/t24-/m1/s1. The smallest absolute Gasteiger partial charge is 0.366 e. The largest absolute Gasteiger partial charge is 0.419 e. The van der Waals surface area contributed by atoms with Crippen molar-refractivity contribution >= 4 is 23.6 Å². The van der Waals surface area contributed by atoms with E-state index in [4.69, 9.17) is 5.73 Å². The van der Waals surface area contributed by atoms with Crippen LogP contribution in [0.25, 0.3) is 22.9 Å². The number of aromatic nitrogens is 3. The van der Waals surface area contributed by atoms with E-state index >= 15 is 0 Å². The van der Waals surface area contributed by atoms with Gasteiger partial charge in [0.25, 0.3) is 5.91 Å². The summed E-state index contributed by atoms with van der Waals surface area (Å²) in [4.78, 5) is 29.4. The van der Waals surface area contributed by atoms with Crippen molar-refractivity contribution in [3.63, 3.8) is 0 Å². The molecule has 0 aliphatic carbocycles. The number of nitrogens with one attached hydrogen (secondary N) is 1. The quantitative estimate of drug-likeness (QED) is 0.262. The normalized spacial score (nSPS) is 12.7. The molecule has 2 amide bonds. The number of rotatable bonds is 8. The molecule has 2 heterocycles. The number of nitrogens with zero attached hydrogens (tertiary/aromatic N) is 3. The molecule has 1 atom stereocenters. The van der Waals surface area contributed by atoms with Crippen molar-refractivity contribution in [2.24, 2.45) is 5.73 Å². The molecular weight excluding hydrogens is 552 g/mol. The van der Waals surface area contributed by atoms with E-state index in [9.17, 15) is 35.9 Å². The van der Waals surface area contributed by atoms with Crippen molar-refractivity contribution < 1.29 is 35.9 Å². The highest BCUT2D eigenvalue weighted by atomic mass is 19.4. The Morgan fingerprint density at radius 2 is 1.78 bits per heavy atom. The first-order valence-corrected chi connectivity index (χ1v) is 12.0. The molecular formula is C28H21F6N5O2. The molecule has 0 saturated carbocycles. The average Bonchev–Trinajstić information content (AvgIpc) is 3.39. The van der Waals surface area contributed by atoms with Crippen molar-refractivity contribution in [1.29, 1.82) is 0 Å². The van der Waals surface area contributed by atoms with Crippen LogP contribution in [0, 0.1) is 17.5 Å². The van der Waals surface area contributed by atoms with Crippen molar-refractivity contribution in [3.05, 3.63) is 107 Å². The molecule has 0 radical (unpaired) electrons. The van der Waals surface area contributed by atoms with Gasteiger partial charge in [-0.2, -0.15) is 18.3 Å². The Morgan fingerprint density at radius 1 is 1.07 bits per heavy atom. The van der Waals surface area contributed by atoms with Crippen LogP contribution in [0.4, 0.5) is 26.3 Å². The molecule has 2 aromatic heterocycles. The Kier molecular flexibility index (Phi) is 8.26. The van der Waals surface area contributed by atoms with Crippen LogP contribution >= 0.6 is 0 Å². The minimum Gasteiger partial charge on any atom is -0.366 e. The van der Waals surface area contributed by atoms with E-state index in [-0.39, 0.29) is 34.5 Å². The number of nitrogens with two attached hydrogens (primary N) is 1. The number of amides is 2. The molecule has 3 N–H and O–H groups in total. The molecule has 0 unspecified atom stereocenters. The minimum atomic E-state index is -4.68. The third-order valence-corrected chi connectivity index (χ3v) is 6.00. The lowest BCUT2D eigenvalue weighted by molar-refractivity contribution is -0.137. The first kappa shape index (κ1) is 29.1. The van der Waals surface area contributed by atoms with Crippen LogP contribution in [-0.2, 0) is 11.0 Å². The fraction of sp³-hybridized carbons (Fsp3) is 0.143. The molecule has 0 bridgehead atoms. The van der Waals surface area contributed by atoms with Crippen LogP contribution in [0.2, 0.25) is 0 Å².